The van der Waals surface area contributed by atoms with E-state index in [1.807, 2.05) is 0 Å². The Balaban J connectivity index is 1.49. The number of amides is 1. The highest BCUT2D eigenvalue weighted by molar-refractivity contribution is 5.79. The van der Waals surface area contributed by atoms with Crippen LogP contribution in [0.5, 0.6) is 0 Å². The first-order valence-corrected chi connectivity index (χ1v) is 8.12. The van der Waals surface area contributed by atoms with Gasteiger partial charge in [-0.15, -0.1) is 0 Å². The summed E-state index contributed by atoms with van der Waals surface area (Å²) in [7, 11) is 4.15. The van der Waals surface area contributed by atoms with Gasteiger partial charge in [0.2, 0.25) is 5.91 Å². The van der Waals surface area contributed by atoms with Gasteiger partial charge in [0.05, 0.1) is 0 Å². The van der Waals surface area contributed by atoms with Crippen LogP contribution in [0.2, 0.25) is 0 Å². The van der Waals surface area contributed by atoms with Crippen molar-refractivity contribution in [3.05, 3.63) is 35.4 Å². The molecule has 21 heavy (non-hydrogen) atoms. The molecule has 0 radical (unpaired) electrons. The minimum atomic E-state index is 0.277. The lowest BCUT2D eigenvalue weighted by Gasteiger charge is -2.20. The van der Waals surface area contributed by atoms with Gasteiger partial charge in [-0.05, 0) is 56.3 Å². The van der Waals surface area contributed by atoms with Crippen molar-refractivity contribution in [2.24, 2.45) is 17.8 Å². The van der Waals surface area contributed by atoms with E-state index in [-0.39, 0.29) is 11.8 Å². The molecule has 3 heteroatoms. The molecule has 2 aliphatic carbocycles. The number of fused-ring (bicyclic) bond motifs is 2. The van der Waals surface area contributed by atoms with Gasteiger partial charge in [0.1, 0.15) is 0 Å². The molecule has 1 aromatic rings. The second-order valence-corrected chi connectivity index (χ2v) is 7.05. The smallest absolute Gasteiger partial charge is 0.223 e. The van der Waals surface area contributed by atoms with E-state index in [0.29, 0.717) is 12.5 Å². The molecule has 3 atom stereocenters. The molecule has 2 saturated carbocycles. The SMILES string of the molecule is CN(C)Cc1ccc(CNC(=O)C2CC3CCC2C3)cc1. The average molecular weight is 286 g/mol. The summed E-state index contributed by atoms with van der Waals surface area (Å²) in [5, 5.41) is 3.14. The van der Waals surface area contributed by atoms with Gasteiger partial charge in [-0.25, -0.2) is 0 Å². The molecule has 0 saturated heterocycles. The minimum Gasteiger partial charge on any atom is -0.352 e. The number of hydrogen-bond acceptors (Lipinski definition) is 2. The Bertz CT molecular complexity index is 494. The summed E-state index contributed by atoms with van der Waals surface area (Å²) >= 11 is 0. The predicted octanol–water partition coefficient (Wildman–Crippen LogP) is 2.80. The van der Waals surface area contributed by atoms with E-state index >= 15 is 0 Å². The van der Waals surface area contributed by atoms with E-state index in [0.717, 1.165) is 18.9 Å². The fourth-order valence-corrected chi connectivity index (χ4v) is 4.01. The van der Waals surface area contributed by atoms with Crippen LogP contribution in [0.25, 0.3) is 0 Å². The molecule has 1 aromatic carbocycles. The first-order chi connectivity index (χ1) is 10.1. The van der Waals surface area contributed by atoms with Crippen LogP contribution >= 0.6 is 0 Å². The maximum Gasteiger partial charge on any atom is 0.223 e. The third kappa shape index (κ3) is 3.46. The topological polar surface area (TPSA) is 32.3 Å². The van der Waals surface area contributed by atoms with Crippen molar-refractivity contribution in [1.82, 2.24) is 10.2 Å². The fraction of sp³-hybridized carbons (Fsp3) is 0.611. The van der Waals surface area contributed by atoms with Crippen molar-refractivity contribution < 1.29 is 4.79 Å². The Morgan fingerprint density at radius 1 is 1.14 bits per heavy atom. The molecule has 0 aliphatic heterocycles. The third-order valence-electron chi connectivity index (χ3n) is 5.06. The van der Waals surface area contributed by atoms with Crippen molar-refractivity contribution in [1.29, 1.82) is 0 Å². The number of hydrogen-bond donors (Lipinski definition) is 1. The van der Waals surface area contributed by atoms with Crippen LogP contribution in [-0.2, 0) is 17.9 Å². The fourth-order valence-electron chi connectivity index (χ4n) is 4.01. The highest BCUT2D eigenvalue weighted by Crippen LogP contribution is 2.48. The van der Waals surface area contributed by atoms with Crippen LogP contribution in [-0.4, -0.2) is 24.9 Å². The third-order valence-corrected chi connectivity index (χ3v) is 5.06. The number of rotatable bonds is 5. The van der Waals surface area contributed by atoms with E-state index in [9.17, 15) is 4.79 Å². The number of carbonyl (C=O) groups is 1. The average Bonchev–Trinajstić information content (AvgIpc) is 3.08. The van der Waals surface area contributed by atoms with Crippen molar-refractivity contribution in [2.75, 3.05) is 14.1 Å². The summed E-state index contributed by atoms with van der Waals surface area (Å²) in [6, 6.07) is 8.55. The Kier molecular flexibility index (Phi) is 4.29. The molecule has 1 N–H and O–H groups in total. The van der Waals surface area contributed by atoms with Gasteiger partial charge < -0.3 is 10.2 Å². The Morgan fingerprint density at radius 3 is 2.43 bits per heavy atom. The number of benzene rings is 1. The minimum absolute atomic E-state index is 0.277. The Hall–Kier alpha value is -1.35. The molecule has 3 nitrogen and oxygen atoms in total. The van der Waals surface area contributed by atoms with Crippen LogP contribution in [0.15, 0.2) is 24.3 Å². The van der Waals surface area contributed by atoms with Crippen LogP contribution < -0.4 is 5.32 Å². The molecule has 0 heterocycles. The lowest BCUT2D eigenvalue weighted by atomic mass is 9.88. The molecule has 3 unspecified atom stereocenters. The lowest BCUT2D eigenvalue weighted by molar-refractivity contribution is -0.126. The highest BCUT2D eigenvalue weighted by atomic mass is 16.1. The van der Waals surface area contributed by atoms with E-state index in [1.54, 1.807) is 0 Å². The molecule has 2 bridgehead atoms. The van der Waals surface area contributed by atoms with E-state index in [4.69, 9.17) is 0 Å². The normalized spacial score (nSPS) is 27.3. The zero-order valence-corrected chi connectivity index (χ0v) is 13.1. The summed E-state index contributed by atoms with van der Waals surface area (Å²) in [6.07, 6.45) is 5.03. The van der Waals surface area contributed by atoms with E-state index in [1.165, 1.54) is 30.4 Å². The summed E-state index contributed by atoms with van der Waals surface area (Å²) in [6.45, 7) is 1.62. The number of nitrogens with one attached hydrogen (secondary N) is 1. The second kappa shape index (κ2) is 6.18. The van der Waals surface area contributed by atoms with E-state index in [2.05, 4.69) is 48.6 Å². The molecular formula is C18H26N2O. The maximum atomic E-state index is 12.3. The molecule has 2 fully saturated rings. The van der Waals surface area contributed by atoms with Gasteiger partial charge in [0, 0.05) is 19.0 Å². The van der Waals surface area contributed by atoms with Gasteiger partial charge >= 0.3 is 0 Å². The van der Waals surface area contributed by atoms with Crippen LogP contribution in [0.4, 0.5) is 0 Å². The van der Waals surface area contributed by atoms with Crippen LogP contribution in [0.3, 0.4) is 0 Å². The van der Waals surface area contributed by atoms with Crippen molar-refractivity contribution in [3.63, 3.8) is 0 Å². The van der Waals surface area contributed by atoms with Gasteiger partial charge in [0.25, 0.3) is 0 Å². The van der Waals surface area contributed by atoms with Gasteiger partial charge in [-0.2, -0.15) is 0 Å². The quantitative estimate of drug-likeness (QED) is 0.902. The zero-order valence-electron chi connectivity index (χ0n) is 13.1. The molecule has 0 spiro atoms. The summed E-state index contributed by atoms with van der Waals surface area (Å²) in [4.78, 5) is 14.5. The van der Waals surface area contributed by atoms with Crippen molar-refractivity contribution in [2.45, 2.75) is 38.8 Å². The highest BCUT2D eigenvalue weighted by Gasteiger charge is 2.42. The maximum absolute atomic E-state index is 12.3. The molecule has 0 aromatic heterocycles. The largest absolute Gasteiger partial charge is 0.352 e. The Morgan fingerprint density at radius 2 is 1.86 bits per heavy atom. The first kappa shape index (κ1) is 14.6. The zero-order chi connectivity index (χ0) is 14.8. The van der Waals surface area contributed by atoms with E-state index < -0.39 is 0 Å². The molecule has 3 rings (SSSR count). The van der Waals surface area contributed by atoms with Crippen molar-refractivity contribution in [3.8, 4) is 0 Å². The number of nitrogens with zero attached hydrogens (tertiary/aromatic N) is 1. The molecule has 114 valence electrons. The Labute approximate surface area is 127 Å². The second-order valence-electron chi connectivity index (χ2n) is 7.05. The summed E-state index contributed by atoms with van der Waals surface area (Å²) in [5.74, 6) is 2.06. The molecule has 2 aliphatic rings. The predicted molar refractivity (Wildman–Crippen MR) is 84.6 cm³/mol. The van der Waals surface area contributed by atoms with Gasteiger partial charge in [-0.3, -0.25) is 4.79 Å². The van der Waals surface area contributed by atoms with Gasteiger partial charge in [-0.1, -0.05) is 30.7 Å². The molecular weight excluding hydrogens is 260 g/mol. The van der Waals surface area contributed by atoms with Crippen molar-refractivity contribution >= 4 is 5.91 Å². The summed E-state index contributed by atoms with van der Waals surface area (Å²) < 4.78 is 0. The molecule has 1 amide bonds. The summed E-state index contributed by atoms with van der Waals surface area (Å²) in [5.41, 5.74) is 2.50. The van der Waals surface area contributed by atoms with Gasteiger partial charge in [0.15, 0.2) is 0 Å². The first-order valence-electron chi connectivity index (χ1n) is 8.12. The van der Waals surface area contributed by atoms with Crippen LogP contribution in [0, 0.1) is 17.8 Å². The lowest BCUT2D eigenvalue weighted by Crippen LogP contribution is -2.33. The standard InChI is InChI=1S/C18H26N2O/c1-20(2)12-14-5-3-13(4-6-14)11-19-18(21)17-10-15-7-8-16(17)9-15/h3-6,15-17H,7-12H2,1-2H3,(H,19,21). The number of carbonyl (C=O) groups excluding carboxylic acids is 1. The monoisotopic (exact) mass is 286 g/mol. The van der Waals surface area contributed by atoms with Crippen LogP contribution in [0.1, 0.15) is 36.8 Å².